The highest BCUT2D eigenvalue weighted by Crippen LogP contribution is 2.24. The molecular formula is C19H22N4O. The van der Waals surface area contributed by atoms with E-state index in [2.05, 4.69) is 28.8 Å². The molecule has 0 aliphatic carbocycles. The van der Waals surface area contributed by atoms with E-state index >= 15 is 0 Å². The first-order chi connectivity index (χ1) is 11.6. The molecule has 0 saturated carbocycles. The van der Waals surface area contributed by atoms with Gasteiger partial charge in [0.15, 0.2) is 0 Å². The highest BCUT2D eigenvalue weighted by molar-refractivity contribution is 5.94. The fraction of sp³-hybridized carbons (Fsp3) is 0.421. The summed E-state index contributed by atoms with van der Waals surface area (Å²) < 4.78 is 2.06. The zero-order valence-electron chi connectivity index (χ0n) is 14.2. The molecule has 24 heavy (non-hydrogen) atoms. The SMILES string of the molecule is Cc1cc(C)n(C2CCCN(C(=O)c3cccc(CC#N)c3)C2)n1. The van der Waals surface area contributed by atoms with Crippen LogP contribution in [0.5, 0.6) is 0 Å². The van der Waals surface area contributed by atoms with E-state index in [9.17, 15) is 4.79 Å². The van der Waals surface area contributed by atoms with Crippen molar-refractivity contribution in [2.45, 2.75) is 39.2 Å². The van der Waals surface area contributed by atoms with Crippen molar-refractivity contribution in [2.24, 2.45) is 0 Å². The van der Waals surface area contributed by atoms with Crippen LogP contribution in [-0.2, 0) is 6.42 Å². The summed E-state index contributed by atoms with van der Waals surface area (Å²) in [5, 5.41) is 13.4. The van der Waals surface area contributed by atoms with E-state index in [1.54, 1.807) is 0 Å². The average molecular weight is 322 g/mol. The third-order valence-corrected chi connectivity index (χ3v) is 4.53. The lowest BCUT2D eigenvalue weighted by Gasteiger charge is -2.33. The Balaban J connectivity index is 1.77. The van der Waals surface area contributed by atoms with E-state index in [4.69, 9.17) is 5.26 Å². The van der Waals surface area contributed by atoms with Crippen LogP contribution in [0, 0.1) is 25.2 Å². The predicted octanol–water partition coefficient (Wildman–Crippen LogP) is 3.04. The van der Waals surface area contributed by atoms with Crippen LogP contribution in [0.15, 0.2) is 30.3 Å². The minimum absolute atomic E-state index is 0.0426. The molecule has 1 aliphatic heterocycles. The third kappa shape index (κ3) is 3.33. The highest BCUT2D eigenvalue weighted by atomic mass is 16.2. The van der Waals surface area contributed by atoms with Crippen molar-refractivity contribution < 1.29 is 4.79 Å². The largest absolute Gasteiger partial charge is 0.337 e. The van der Waals surface area contributed by atoms with Crippen LogP contribution in [0.4, 0.5) is 0 Å². The van der Waals surface area contributed by atoms with Crippen molar-refractivity contribution in [3.63, 3.8) is 0 Å². The lowest BCUT2D eigenvalue weighted by atomic mass is 10.0. The van der Waals surface area contributed by atoms with Gasteiger partial charge in [-0.1, -0.05) is 12.1 Å². The summed E-state index contributed by atoms with van der Waals surface area (Å²) in [6, 6.07) is 11.8. The summed E-state index contributed by atoms with van der Waals surface area (Å²) in [5.74, 6) is 0.0426. The topological polar surface area (TPSA) is 61.9 Å². The lowest BCUT2D eigenvalue weighted by molar-refractivity contribution is 0.0671. The molecule has 2 aromatic rings. The maximum Gasteiger partial charge on any atom is 0.253 e. The van der Waals surface area contributed by atoms with Crippen LogP contribution >= 0.6 is 0 Å². The van der Waals surface area contributed by atoms with Crippen molar-refractivity contribution in [3.8, 4) is 6.07 Å². The number of piperidine rings is 1. The standard InChI is InChI=1S/C19H22N4O/c1-14-11-15(2)23(21-14)18-7-4-10-22(13-18)19(24)17-6-3-5-16(12-17)8-9-20/h3,5-6,11-12,18H,4,7-8,10,13H2,1-2H3. The first-order valence-corrected chi connectivity index (χ1v) is 8.36. The number of amides is 1. The Bertz CT molecular complexity index is 787. The third-order valence-electron chi connectivity index (χ3n) is 4.53. The molecule has 1 atom stereocenters. The summed E-state index contributed by atoms with van der Waals surface area (Å²) in [7, 11) is 0. The van der Waals surface area contributed by atoms with Gasteiger partial charge in [-0.2, -0.15) is 10.4 Å². The second kappa shape index (κ2) is 6.88. The number of nitrogens with zero attached hydrogens (tertiary/aromatic N) is 4. The summed E-state index contributed by atoms with van der Waals surface area (Å²) >= 11 is 0. The van der Waals surface area contributed by atoms with Crippen LogP contribution < -0.4 is 0 Å². The summed E-state index contributed by atoms with van der Waals surface area (Å²) in [6.45, 7) is 5.52. The highest BCUT2D eigenvalue weighted by Gasteiger charge is 2.26. The number of hydrogen-bond donors (Lipinski definition) is 0. The van der Waals surface area contributed by atoms with Crippen molar-refractivity contribution in [2.75, 3.05) is 13.1 Å². The Morgan fingerprint density at radius 2 is 2.21 bits per heavy atom. The Morgan fingerprint density at radius 1 is 1.38 bits per heavy atom. The van der Waals surface area contributed by atoms with E-state index in [1.807, 2.05) is 36.1 Å². The average Bonchev–Trinajstić information content (AvgIpc) is 2.93. The van der Waals surface area contributed by atoms with Crippen LogP contribution in [0.3, 0.4) is 0 Å². The maximum atomic E-state index is 12.8. The number of aryl methyl sites for hydroxylation is 2. The van der Waals surface area contributed by atoms with E-state index in [1.165, 1.54) is 0 Å². The smallest absolute Gasteiger partial charge is 0.253 e. The molecule has 1 aromatic heterocycles. The fourth-order valence-electron chi connectivity index (χ4n) is 3.44. The summed E-state index contributed by atoms with van der Waals surface area (Å²) in [4.78, 5) is 14.7. The van der Waals surface area contributed by atoms with Gasteiger partial charge in [0, 0.05) is 24.3 Å². The summed E-state index contributed by atoms with van der Waals surface area (Å²) in [5.41, 5.74) is 3.70. The van der Waals surface area contributed by atoms with E-state index in [0.29, 0.717) is 18.5 Å². The maximum absolute atomic E-state index is 12.8. The molecule has 3 rings (SSSR count). The molecule has 1 aromatic carbocycles. The second-order valence-corrected chi connectivity index (χ2v) is 6.45. The van der Waals surface area contributed by atoms with Gasteiger partial charge in [-0.05, 0) is 50.5 Å². The van der Waals surface area contributed by atoms with Crippen LogP contribution in [0.25, 0.3) is 0 Å². The quantitative estimate of drug-likeness (QED) is 0.872. The minimum atomic E-state index is 0.0426. The lowest BCUT2D eigenvalue weighted by Crippen LogP contribution is -2.41. The molecule has 1 saturated heterocycles. The molecule has 5 heteroatoms. The van der Waals surface area contributed by atoms with Gasteiger partial charge in [0.25, 0.3) is 5.91 Å². The fourth-order valence-corrected chi connectivity index (χ4v) is 3.44. The number of aromatic nitrogens is 2. The van der Waals surface area contributed by atoms with Gasteiger partial charge >= 0.3 is 0 Å². The number of carbonyl (C=O) groups is 1. The molecule has 1 fully saturated rings. The van der Waals surface area contributed by atoms with Gasteiger partial charge in [0.2, 0.25) is 0 Å². The second-order valence-electron chi connectivity index (χ2n) is 6.45. The molecule has 124 valence electrons. The zero-order chi connectivity index (χ0) is 17.1. The number of carbonyl (C=O) groups excluding carboxylic acids is 1. The molecule has 0 radical (unpaired) electrons. The molecule has 0 bridgehead atoms. The number of hydrogen-bond acceptors (Lipinski definition) is 3. The van der Waals surface area contributed by atoms with Crippen molar-refractivity contribution in [1.29, 1.82) is 5.26 Å². The molecule has 1 unspecified atom stereocenters. The predicted molar refractivity (Wildman–Crippen MR) is 91.6 cm³/mol. The Morgan fingerprint density at radius 3 is 2.92 bits per heavy atom. The molecule has 1 aliphatic rings. The van der Waals surface area contributed by atoms with Crippen molar-refractivity contribution in [3.05, 3.63) is 52.8 Å². The van der Waals surface area contributed by atoms with E-state index in [0.717, 1.165) is 36.3 Å². The number of benzene rings is 1. The Labute approximate surface area is 142 Å². The van der Waals surface area contributed by atoms with Gasteiger partial charge in [0.1, 0.15) is 0 Å². The Hall–Kier alpha value is -2.61. The van der Waals surface area contributed by atoms with Gasteiger partial charge in [-0.25, -0.2) is 0 Å². The number of nitriles is 1. The minimum Gasteiger partial charge on any atom is -0.337 e. The van der Waals surface area contributed by atoms with Crippen molar-refractivity contribution >= 4 is 5.91 Å². The molecule has 0 N–H and O–H groups in total. The number of likely N-dealkylation sites (tertiary alicyclic amines) is 1. The van der Waals surface area contributed by atoms with Gasteiger partial charge in [-0.3, -0.25) is 9.48 Å². The summed E-state index contributed by atoms with van der Waals surface area (Å²) in [6.07, 6.45) is 2.35. The molecule has 0 spiro atoms. The van der Waals surface area contributed by atoms with E-state index in [-0.39, 0.29) is 11.9 Å². The van der Waals surface area contributed by atoms with Crippen LogP contribution in [0.2, 0.25) is 0 Å². The van der Waals surface area contributed by atoms with E-state index < -0.39 is 0 Å². The van der Waals surface area contributed by atoms with Crippen molar-refractivity contribution in [1.82, 2.24) is 14.7 Å². The first-order valence-electron chi connectivity index (χ1n) is 8.36. The molecule has 5 nitrogen and oxygen atoms in total. The van der Waals surface area contributed by atoms with Gasteiger partial charge in [-0.15, -0.1) is 0 Å². The Kier molecular flexibility index (Phi) is 4.66. The molecular weight excluding hydrogens is 300 g/mol. The van der Waals surface area contributed by atoms with Crippen LogP contribution in [-0.4, -0.2) is 33.7 Å². The number of rotatable bonds is 3. The van der Waals surface area contributed by atoms with Crippen LogP contribution in [0.1, 0.15) is 46.2 Å². The first kappa shape index (κ1) is 16.3. The molecule has 2 heterocycles. The van der Waals surface area contributed by atoms with Gasteiger partial charge in [0.05, 0.1) is 24.2 Å². The molecule has 1 amide bonds. The zero-order valence-corrected chi connectivity index (χ0v) is 14.2. The normalized spacial score (nSPS) is 17.5. The van der Waals surface area contributed by atoms with Gasteiger partial charge < -0.3 is 4.90 Å². The monoisotopic (exact) mass is 322 g/mol.